The van der Waals surface area contributed by atoms with Crippen LogP contribution in [0, 0.1) is 0 Å². The fourth-order valence-electron chi connectivity index (χ4n) is 12.5. The molecule has 1 spiro atoms. The van der Waals surface area contributed by atoms with E-state index in [0.29, 0.717) is 0 Å². The lowest BCUT2D eigenvalue weighted by Crippen LogP contribution is -2.25. The molecule has 3 aliphatic rings. The van der Waals surface area contributed by atoms with Crippen LogP contribution in [-0.4, -0.2) is 4.57 Å². The standard InChI is InChI=1S/C64H44N2/c1-63(2)52-26-11-6-23-48(52)50-25-16-33-60(62(50)63)66(59-32-17-31-58-61(59)51-24-10-15-30-57(51)65(58)43-18-4-3-5-19-43)44-37-34-41(35-38-44)42-36-39-49-47-22-9-14-29-55(47)64(56(49)40-42)53-27-12-7-20-45(53)46-21-8-13-28-54(46)64/h3-40H,1-2H3. The van der Waals surface area contributed by atoms with Gasteiger partial charge in [-0.3, -0.25) is 0 Å². The summed E-state index contributed by atoms with van der Waals surface area (Å²) in [5, 5.41) is 2.46. The number of rotatable bonds is 5. The van der Waals surface area contributed by atoms with Crippen LogP contribution < -0.4 is 4.90 Å². The lowest BCUT2D eigenvalue weighted by atomic mass is 9.70. The van der Waals surface area contributed by atoms with Gasteiger partial charge in [-0.25, -0.2) is 0 Å². The number of hydrogen-bond acceptors (Lipinski definition) is 1. The van der Waals surface area contributed by atoms with Crippen molar-refractivity contribution < 1.29 is 0 Å². The first-order valence-electron chi connectivity index (χ1n) is 23.2. The van der Waals surface area contributed by atoms with Crippen molar-refractivity contribution in [3.05, 3.63) is 264 Å². The van der Waals surface area contributed by atoms with Crippen LogP contribution in [0.1, 0.15) is 47.2 Å². The van der Waals surface area contributed by atoms with Crippen molar-refractivity contribution >= 4 is 38.9 Å². The highest BCUT2D eigenvalue weighted by molar-refractivity contribution is 6.17. The molecule has 66 heavy (non-hydrogen) atoms. The zero-order chi connectivity index (χ0) is 43.7. The lowest BCUT2D eigenvalue weighted by Gasteiger charge is -2.33. The second-order valence-corrected chi connectivity index (χ2v) is 18.8. The van der Waals surface area contributed by atoms with Gasteiger partial charge < -0.3 is 9.47 Å². The van der Waals surface area contributed by atoms with E-state index in [-0.39, 0.29) is 10.8 Å². The monoisotopic (exact) mass is 840 g/mol. The zero-order valence-corrected chi connectivity index (χ0v) is 36.8. The molecule has 0 unspecified atom stereocenters. The van der Waals surface area contributed by atoms with Gasteiger partial charge in [-0.2, -0.15) is 0 Å². The summed E-state index contributed by atoms with van der Waals surface area (Å²) in [4.78, 5) is 2.54. The molecule has 2 heteroatoms. The molecule has 2 nitrogen and oxygen atoms in total. The Bertz CT molecular complexity index is 3730. The Labute approximate surface area is 385 Å². The van der Waals surface area contributed by atoms with E-state index in [0.717, 1.165) is 17.1 Å². The Morgan fingerprint density at radius 3 is 1.55 bits per heavy atom. The molecule has 0 bridgehead atoms. The molecule has 0 saturated heterocycles. The summed E-state index contributed by atoms with van der Waals surface area (Å²) in [6, 6.07) is 86.1. The minimum atomic E-state index is -0.387. The Morgan fingerprint density at radius 2 is 0.864 bits per heavy atom. The Morgan fingerprint density at radius 1 is 0.364 bits per heavy atom. The summed E-state index contributed by atoms with van der Waals surface area (Å²) >= 11 is 0. The highest BCUT2D eigenvalue weighted by atomic mass is 15.2. The van der Waals surface area contributed by atoms with E-state index in [4.69, 9.17) is 0 Å². The van der Waals surface area contributed by atoms with Gasteiger partial charge >= 0.3 is 0 Å². The van der Waals surface area contributed by atoms with Crippen LogP contribution in [0.4, 0.5) is 17.1 Å². The average molecular weight is 841 g/mol. The van der Waals surface area contributed by atoms with Gasteiger partial charge in [0, 0.05) is 27.6 Å². The number of para-hydroxylation sites is 2. The quantitative estimate of drug-likeness (QED) is 0.168. The van der Waals surface area contributed by atoms with E-state index >= 15 is 0 Å². The molecule has 11 aromatic rings. The van der Waals surface area contributed by atoms with E-state index in [9.17, 15) is 0 Å². The largest absolute Gasteiger partial charge is 0.309 e. The molecule has 10 aromatic carbocycles. The van der Waals surface area contributed by atoms with Gasteiger partial charge in [0.25, 0.3) is 0 Å². The Balaban J connectivity index is 0.979. The molecule has 3 aliphatic carbocycles. The maximum atomic E-state index is 2.54. The SMILES string of the molecule is CC1(C)c2ccccc2-c2cccc(N(c3ccc(-c4ccc5c(c4)C4(c6ccccc6-c6ccccc64)c4ccccc4-5)cc3)c3cccc4c3c3ccccc3n4-c3ccccc3)c21. The number of hydrogen-bond donors (Lipinski definition) is 0. The summed E-state index contributed by atoms with van der Waals surface area (Å²) in [7, 11) is 0. The fraction of sp³-hybridized carbons (Fsp3) is 0.0625. The first-order valence-corrected chi connectivity index (χ1v) is 23.2. The van der Waals surface area contributed by atoms with Crippen molar-refractivity contribution in [2.24, 2.45) is 0 Å². The molecule has 0 fully saturated rings. The molecule has 0 aliphatic heterocycles. The number of aromatic nitrogens is 1. The van der Waals surface area contributed by atoms with Crippen LogP contribution in [0.25, 0.3) is 72.0 Å². The number of fused-ring (bicyclic) bond motifs is 16. The zero-order valence-electron chi connectivity index (χ0n) is 36.8. The summed E-state index contributed by atoms with van der Waals surface area (Å²) < 4.78 is 2.42. The van der Waals surface area contributed by atoms with Crippen molar-refractivity contribution in [3.63, 3.8) is 0 Å². The van der Waals surface area contributed by atoms with Gasteiger partial charge in [0.1, 0.15) is 0 Å². The van der Waals surface area contributed by atoms with E-state index in [1.807, 2.05) is 0 Å². The maximum Gasteiger partial charge on any atom is 0.0725 e. The summed E-state index contributed by atoms with van der Waals surface area (Å²) in [6.45, 7) is 4.79. The minimum absolute atomic E-state index is 0.220. The molecule has 0 amide bonds. The second-order valence-electron chi connectivity index (χ2n) is 18.8. The van der Waals surface area contributed by atoms with Crippen LogP contribution in [0.15, 0.2) is 231 Å². The van der Waals surface area contributed by atoms with Crippen molar-refractivity contribution in [2.45, 2.75) is 24.7 Å². The van der Waals surface area contributed by atoms with Crippen LogP contribution >= 0.6 is 0 Å². The van der Waals surface area contributed by atoms with Crippen LogP contribution in [-0.2, 0) is 10.8 Å². The molecule has 1 heterocycles. The second kappa shape index (κ2) is 13.7. The van der Waals surface area contributed by atoms with Crippen LogP contribution in [0.5, 0.6) is 0 Å². The Kier molecular flexibility index (Phi) is 7.70. The molecule has 0 atom stereocenters. The number of anilines is 3. The minimum Gasteiger partial charge on any atom is -0.309 e. The van der Waals surface area contributed by atoms with E-state index in [1.54, 1.807) is 0 Å². The highest BCUT2D eigenvalue weighted by Crippen LogP contribution is 2.63. The highest BCUT2D eigenvalue weighted by Gasteiger charge is 2.51. The van der Waals surface area contributed by atoms with Crippen molar-refractivity contribution in [1.29, 1.82) is 0 Å². The number of benzene rings is 10. The Hall–Kier alpha value is -8.20. The first-order chi connectivity index (χ1) is 32.5. The predicted molar refractivity (Wildman–Crippen MR) is 275 cm³/mol. The van der Waals surface area contributed by atoms with Crippen LogP contribution in [0.2, 0.25) is 0 Å². The molecule has 0 radical (unpaired) electrons. The van der Waals surface area contributed by atoms with Crippen molar-refractivity contribution in [2.75, 3.05) is 4.90 Å². The summed E-state index contributed by atoms with van der Waals surface area (Å²) in [6.07, 6.45) is 0. The third kappa shape index (κ3) is 4.85. The predicted octanol–water partition coefficient (Wildman–Crippen LogP) is 16.6. The van der Waals surface area contributed by atoms with Crippen molar-refractivity contribution in [1.82, 2.24) is 4.57 Å². The van der Waals surface area contributed by atoms with Crippen LogP contribution in [0.3, 0.4) is 0 Å². The average Bonchev–Trinajstić information content (AvgIpc) is 4.05. The maximum absolute atomic E-state index is 2.54. The topological polar surface area (TPSA) is 8.17 Å². The van der Waals surface area contributed by atoms with E-state index < -0.39 is 0 Å². The first kappa shape index (κ1) is 37.2. The van der Waals surface area contributed by atoms with Gasteiger partial charge in [0.2, 0.25) is 0 Å². The molecule has 0 saturated carbocycles. The molecule has 14 rings (SSSR count). The summed E-state index contributed by atoms with van der Waals surface area (Å²) in [5.41, 5.74) is 24.9. The third-order valence-corrected chi connectivity index (χ3v) is 15.2. The van der Waals surface area contributed by atoms with E-state index in [1.165, 1.54) is 105 Å². The number of nitrogens with zero attached hydrogens (tertiary/aromatic N) is 2. The third-order valence-electron chi connectivity index (χ3n) is 15.2. The van der Waals surface area contributed by atoms with Gasteiger partial charge in [-0.1, -0.05) is 190 Å². The fourth-order valence-corrected chi connectivity index (χ4v) is 12.5. The molecular weight excluding hydrogens is 797 g/mol. The van der Waals surface area contributed by atoms with Gasteiger partial charge in [-0.05, 0) is 132 Å². The molecule has 310 valence electrons. The van der Waals surface area contributed by atoms with E-state index in [2.05, 4.69) is 254 Å². The van der Waals surface area contributed by atoms with Gasteiger partial charge in [-0.15, -0.1) is 0 Å². The molecule has 0 N–H and O–H groups in total. The van der Waals surface area contributed by atoms with Gasteiger partial charge in [0.05, 0.1) is 27.8 Å². The summed E-state index contributed by atoms with van der Waals surface area (Å²) in [5.74, 6) is 0. The smallest absolute Gasteiger partial charge is 0.0725 e. The van der Waals surface area contributed by atoms with Crippen molar-refractivity contribution in [3.8, 4) is 50.2 Å². The lowest BCUT2D eigenvalue weighted by molar-refractivity contribution is 0.661. The molecule has 1 aromatic heterocycles. The van der Waals surface area contributed by atoms with Gasteiger partial charge in [0.15, 0.2) is 0 Å². The normalized spacial score (nSPS) is 14.2. The molecular formula is C64H44N2.